The Morgan fingerprint density at radius 1 is 1.35 bits per heavy atom. The van der Waals surface area contributed by atoms with E-state index in [-0.39, 0.29) is 17.6 Å². The summed E-state index contributed by atoms with van der Waals surface area (Å²) in [7, 11) is 0. The Morgan fingerprint density at radius 3 is 2.70 bits per heavy atom. The predicted octanol–water partition coefficient (Wildman–Crippen LogP) is 3.16. The van der Waals surface area contributed by atoms with Crippen molar-refractivity contribution < 1.29 is 19.1 Å². The van der Waals surface area contributed by atoms with Crippen LogP contribution in [0.3, 0.4) is 0 Å². The Hall–Kier alpha value is -1.10. The van der Waals surface area contributed by atoms with Crippen LogP contribution in [-0.4, -0.2) is 47.7 Å². The summed E-state index contributed by atoms with van der Waals surface area (Å²) in [5, 5.41) is 0. The number of hydrogen-bond acceptors (Lipinski definition) is 4. The molecule has 2 unspecified atom stereocenters. The van der Waals surface area contributed by atoms with Crippen LogP contribution in [0.15, 0.2) is 0 Å². The Balaban J connectivity index is 1.64. The predicted molar refractivity (Wildman–Crippen MR) is 86.2 cm³/mol. The highest BCUT2D eigenvalue weighted by molar-refractivity contribution is 5.84. The molecule has 0 aromatic heterocycles. The molecule has 23 heavy (non-hydrogen) atoms. The first-order valence-electron chi connectivity index (χ1n) is 8.93. The van der Waals surface area contributed by atoms with Crippen molar-refractivity contribution in [3.63, 3.8) is 0 Å². The lowest BCUT2D eigenvalue weighted by Crippen LogP contribution is -2.52. The van der Waals surface area contributed by atoms with E-state index >= 15 is 0 Å². The maximum atomic E-state index is 12.4. The molecule has 2 saturated heterocycles. The molecule has 3 rings (SSSR count). The molecule has 2 aliphatic heterocycles. The van der Waals surface area contributed by atoms with Crippen molar-refractivity contribution in [3.8, 4) is 0 Å². The molecule has 2 heterocycles. The first-order valence-corrected chi connectivity index (χ1v) is 8.93. The third-order valence-corrected chi connectivity index (χ3v) is 5.48. The maximum absolute atomic E-state index is 12.4. The lowest BCUT2D eigenvalue weighted by atomic mass is 9.67. The van der Waals surface area contributed by atoms with Crippen molar-refractivity contribution in [3.05, 3.63) is 0 Å². The first-order chi connectivity index (χ1) is 10.8. The van der Waals surface area contributed by atoms with Crippen LogP contribution in [0.2, 0.25) is 0 Å². The largest absolute Gasteiger partial charge is 0.444 e. The number of likely N-dealkylation sites (tertiary alicyclic amines) is 1. The highest BCUT2D eigenvalue weighted by Crippen LogP contribution is 2.46. The average Bonchev–Trinajstić information content (AvgIpc) is 2.44. The summed E-state index contributed by atoms with van der Waals surface area (Å²) in [6.07, 6.45) is 5.55. The van der Waals surface area contributed by atoms with Crippen molar-refractivity contribution in [1.82, 2.24) is 4.90 Å². The topological polar surface area (TPSA) is 55.8 Å². The summed E-state index contributed by atoms with van der Waals surface area (Å²) in [5.41, 5.74) is -0.458. The Labute approximate surface area is 138 Å². The molecule has 5 nitrogen and oxygen atoms in total. The zero-order chi connectivity index (χ0) is 16.7. The zero-order valence-corrected chi connectivity index (χ0v) is 14.6. The Bertz CT molecular complexity index is 478. The number of piperidine rings is 1. The fourth-order valence-corrected chi connectivity index (χ4v) is 4.09. The molecule has 0 aromatic carbocycles. The molecular weight excluding hydrogens is 294 g/mol. The van der Waals surface area contributed by atoms with Gasteiger partial charge in [0.1, 0.15) is 11.4 Å². The molecule has 0 radical (unpaired) electrons. The number of hydrogen-bond donors (Lipinski definition) is 0. The van der Waals surface area contributed by atoms with Gasteiger partial charge in [0, 0.05) is 32.0 Å². The quantitative estimate of drug-likeness (QED) is 0.744. The van der Waals surface area contributed by atoms with Gasteiger partial charge in [-0.2, -0.15) is 0 Å². The lowest BCUT2D eigenvalue weighted by molar-refractivity contribution is -0.157. The van der Waals surface area contributed by atoms with Gasteiger partial charge in [-0.1, -0.05) is 0 Å². The van der Waals surface area contributed by atoms with Gasteiger partial charge in [-0.15, -0.1) is 0 Å². The van der Waals surface area contributed by atoms with Crippen LogP contribution in [0.4, 0.5) is 4.79 Å². The summed E-state index contributed by atoms with van der Waals surface area (Å²) in [5.74, 6) is 0.616. The molecule has 3 fully saturated rings. The number of carbonyl (C=O) groups excluding carboxylic acids is 2. The van der Waals surface area contributed by atoms with Crippen LogP contribution < -0.4 is 0 Å². The van der Waals surface area contributed by atoms with Crippen molar-refractivity contribution in [1.29, 1.82) is 0 Å². The monoisotopic (exact) mass is 323 g/mol. The second-order valence-electron chi connectivity index (χ2n) is 8.39. The first kappa shape index (κ1) is 16.7. The average molecular weight is 323 g/mol. The standard InChI is InChI=1S/C18H29NO4/c1-17(2,3)23-16(21)19-9-5-15(20)14(12-19)13-6-10-22-18(11-13)7-4-8-18/h13-14H,4-12H2,1-3H3. The fraction of sp³-hybridized carbons (Fsp3) is 0.889. The molecule has 130 valence electrons. The minimum absolute atomic E-state index is 0.0391. The van der Waals surface area contributed by atoms with Gasteiger partial charge >= 0.3 is 6.09 Å². The zero-order valence-electron chi connectivity index (χ0n) is 14.6. The van der Waals surface area contributed by atoms with E-state index < -0.39 is 5.60 Å². The molecule has 1 aliphatic carbocycles. The smallest absolute Gasteiger partial charge is 0.410 e. The van der Waals surface area contributed by atoms with E-state index in [0.717, 1.165) is 32.3 Å². The number of amides is 1. The highest BCUT2D eigenvalue weighted by Gasteiger charge is 2.46. The van der Waals surface area contributed by atoms with Gasteiger partial charge in [-0.25, -0.2) is 4.79 Å². The summed E-state index contributed by atoms with van der Waals surface area (Å²) in [6.45, 7) is 7.36. The number of nitrogens with zero attached hydrogens (tertiary/aromatic N) is 1. The molecule has 0 N–H and O–H groups in total. The van der Waals surface area contributed by atoms with Crippen LogP contribution in [0.5, 0.6) is 0 Å². The van der Waals surface area contributed by atoms with Crippen molar-refractivity contribution >= 4 is 11.9 Å². The molecule has 1 saturated carbocycles. The number of rotatable bonds is 1. The van der Waals surface area contributed by atoms with E-state index in [1.165, 1.54) is 6.42 Å². The van der Waals surface area contributed by atoms with Crippen molar-refractivity contribution in [2.45, 2.75) is 70.5 Å². The van der Waals surface area contributed by atoms with Gasteiger partial charge in [0.05, 0.1) is 5.60 Å². The van der Waals surface area contributed by atoms with Crippen LogP contribution in [0.1, 0.15) is 59.3 Å². The normalized spacial score (nSPS) is 30.9. The summed E-state index contributed by atoms with van der Waals surface area (Å²) in [4.78, 5) is 26.5. The third-order valence-electron chi connectivity index (χ3n) is 5.48. The van der Waals surface area contributed by atoms with E-state index in [9.17, 15) is 9.59 Å². The molecule has 1 amide bonds. The molecular formula is C18H29NO4. The Kier molecular flexibility index (Phi) is 4.43. The third kappa shape index (κ3) is 3.70. The number of ether oxygens (including phenoxy) is 2. The lowest BCUT2D eigenvalue weighted by Gasteiger charge is -2.49. The van der Waals surface area contributed by atoms with Crippen LogP contribution >= 0.6 is 0 Å². The highest BCUT2D eigenvalue weighted by atomic mass is 16.6. The second-order valence-corrected chi connectivity index (χ2v) is 8.39. The number of ketones is 1. The Morgan fingerprint density at radius 2 is 2.09 bits per heavy atom. The van der Waals surface area contributed by atoms with E-state index in [1.807, 2.05) is 20.8 Å². The van der Waals surface area contributed by atoms with Gasteiger partial charge in [-0.05, 0) is 58.8 Å². The fourth-order valence-electron chi connectivity index (χ4n) is 4.09. The molecule has 0 bridgehead atoms. The second kappa shape index (κ2) is 6.08. The van der Waals surface area contributed by atoms with Crippen LogP contribution in [-0.2, 0) is 14.3 Å². The van der Waals surface area contributed by atoms with E-state index in [2.05, 4.69) is 0 Å². The summed E-state index contributed by atoms with van der Waals surface area (Å²) < 4.78 is 11.5. The van der Waals surface area contributed by atoms with E-state index in [1.54, 1.807) is 4.90 Å². The summed E-state index contributed by atoms with van der Waals surface area (Å²) >= 11 is 0. The van der Waals surface area contributed by atoms with Crippen LogP contribution in [0.25, 0.3) is 0 Å². The molecule has 0 aromatic rings. The number of carbonyl (C=O) groups is 2. The maximum Gasteiger partial charge on any atom is 0.410 e. The molecule has 3 aliphatic rings. The number of Topliss-reactive ketones (excluding diaryl/α,β-unsaturated/α-hetero) is 1. The van der Waals surface area contributed by atoms with Gasteiger partial charge < -0.3 is 14.4 Å². The van der Waals surface area contributed by atoms with Gasteiger partial charge in [-0.3, -0.25) is 4.79 Å². The minimum atomic E-state index is -0.497. The van der Waals surface area contributed by atoms with Gasteiger partial charge in [0.15, 0.2) is 0 Å². The molecule has 1 spiro atoms. The SMILES string of the molecule is CC(C)(C)OC(=O)N1CCC(=O)C(C2CCOC3(CCC3)C2)C1. The van der Waals surface area contributed by atoms with Gasteiger partial charge in [0.2, 0.25) is 0 Å². The van der Waals surface area contributed by atoms with E-state index in [0.29, 0.717) is 31.2 Å². The molecule has 5 heteroatoms. The van der Waals surface area contributed by atoms with E-state index in [4.69, 9.17) is 9.47 Å². The molecule has 2 atom stereocenters. The minimum Gasteiger partial charge on any atom is -0.444 e. The van der Waals surface area contributed by atoms with Gasteiger partial charge in [0.25, 0.3) is 0 Å². The van der Waals surface area contributed by atoms with Crippen molar-refractivity contribution in [2.24, 2.45) is 11.8 Å². The summed E-state index contributed by atoms with van der Waals surface area (Å²) in [6, 6.07) is 0. The van der Waals surface area contributed by atoms with Crippen LogP contribution in [0, 0.1) is 11.8 Å². The van der Waals surface area contributed by atoms with Crippen molar-refractivity contribution in [2.75, 3.05) is 19.7 Å².